The van der Waals surface area contributed by atoms with Crippen molar-refractivity contribution in [3.05, 3.63) is 51.3 Å². The zero-order valence-electron chi connectivity index (χ0n) is 15.6. The molecule has 0 aliphatic carbocycles. The van der Waals surface area contributed by atoms with E-state index in [2.05, 4.69) is 9.88 Å². The molecule has 0 unspecified atom stereocenters. The number of piperazine rings is 1. The highest BCUT2D eigenvalue weighted by Gasteiger charge is 2.31. The Labute approximate surface area is 178 Å². The van der Waals surface area contributed by atoms with Gasteiger partial charge >= 0.3 is 0 Å². The quantitative estimate of drug-likeness (QED) is 0.576. The Morgan fingerprint density at radius 3 is 2.36 bits per heavy atom. The topological polar surface area (TPSA) is 53.5 Å². The average molecular weight is 454 g/mol. The summed E-state index contributed by atoms with van der Waals surface area (Å²) in [6.07, 6.45) is 0. The van der Waals surface area contributed by atoms with Crippen molar-refractivity contribution in [3.63, 3.8) is 0 Å². The molecule has 0 spiro atoms. The summed E-state index contributed by atoms with van der Waals surface area (Å²) in [6, 6.07) is 9.43. The van der Waals surface area contributed by atoms with Crippen LogP contribution in [0.15, 0.2) is 40.6 Å². The van der Waals surface area contributed by atoms with Crippen LogP contribution in [0.3, 0.4) is 0 Å². The van der Waals surface area contributed by atoms with Crippen molar-refractivity contribution in [3.8, 4) is 9.88 Å². The van der Waals surface area contributed by atoms with Gasteiger partial charge in [-0.15, -0.1) is 22.7 Å². The number of hydrogen-bond acceptors (Lipinski definition) is 6. The van der Waals surface area contributed by atoms with Crippen LogP contribution in [-0.2, 0) is 10.0 Å². The highest BCUT2D eigenvalue weighted by atomic mass is 35.5. The Hall–Kier alpha value is -1.45. The van der Waals surface area contributed by atoms with Gasteiger partial charge in [0.05, 0.1) is 9.77 Å². The van der Waals surface area contributed by atoms with E-state index in [1.165, 1.54) is 11.3 Å². The fraction of sp³-hybridized carbons (Fsp3) is 0.316. The molecule has 0 saturated carbocycles. The van der Waals surface area contributed by atoms with Gasteiger partial charge in [0.15, 0.2) is 0 Å². The molecule has 5 nitrogen and oxygen atoms in total. The largest absolute Gasteiger partial charge is 0.369 e. The first-order chi connectivity index (χ1) is 13.3. The molecule has 9 heteroatoms. The molecule has 1 aromatic carbocycles. The maximum atomic E-state index is 13.2. The number of aryl methyl sites for hydroxylation is 2. The van der Waals surface area contributed by atoms with Crippen LogP contribution in [0.4, 0.5) is 5.69 Å². The zero-order valence-corrected chi connectivity index (χ0v) is 18.8. The second kappa shape index (κ2) is 7.76. The predicted molar refractivity (Wildman–Crippen MR) is 117 cm³/mol. The van der Waals surface area contributed by atoms with Crippen LogP contribution in [0, 0.1) is 13.8 Å². The Bertz CT molecular complexity index is 1080. The third-order valence-corrected chi connectivity index (χ3v) is 9.34. The maximum absolute atomic E-state index is 13.2. The van der Waals surface area contributed by atoms with Crippen molar-refractivity contribution in [2.75, 3.05) is 31.1 Å². The van der Waals surface area contributed by atoms with Crippen LogP contribution < -0.4 is 4.90 Å². The predicted octanol–water partition coefficient (Wildman–Crippen LogP) is 4.65. The fourth-order valence-electron chi connectivity index (χ4n) is 3.27. The van der Waals surface area contributed by atoms with E-state index in [-0.39, 0.29) is 0 Å². The minimum Gasteiger partial charge on any atom is -0.369 e. The molecule has 1 aliphatic heterocycles. The van der Waals surface area contributed by atoms with E-state index >= 15 is 0 Å². The van der Waals surface area contributed by atoms with Crippen LogP contribution in [0.25, 0.3) is 9.88 Å². The molecule has 0 amide bonds. The SMILES string of the molecule is Cc1csc(-c2cc(S(=O)(=O)N3CCN(c4ccc(Cl)cc4)CC3)c(C)s2)n1. The molecule has 1 aliphatic rings. The number of aromatic nitrogens is 1. The number of halogens is 1. The minimum absolute atomic E-state index is 0.403. The first-order valence-electron chi connectivity index (χ1n) is 8.88. The highest BCUT2D eigenvalue weighted by Crippen LogP contribution is 2.36. The fourth-order valence-corrected chi connectivity index (χ4v) is 7.24. The van der Waals surface area contributed by atoms with Crippen molar-refractivity contribution < 1.29 is 8.42 Å². The molecule has 148 valence electrons. The lowest BCUT2D eigenvalue weighted by molar-refractivity contribution is 0.385. The number of benzene rings is 1. The number of hydrogen-bond donors (Lipinski definition) is 0. The number of nitrogens with zero attached hydrogens (tertiary/aromatic N) is 3. The lowest BCUT2D eigenvalue weighted by Gasteiger charge is -2.35. The van der Waals surface area contributed by atoms with E-state index < -0.39 is 10.0 Å². The Morgan fingerprint density at radius 2 is 1.75 bits per heavy atom. The monoisotopic (exact) mass is 453 g/mol. The number of anilines is 1. The molecule has 0 atom stereocenters. The van der Waals surface area contributed by atoms with Crippen molar-refractivity contribution >= 4 is 50.0 Å². The van der Waals surface area contributed by atoms with Gasteiger partial charge in [0.2, 0.25) is 10.0 Å². The zero-order chi connectivity index (χ0) is 19.9. The van der Waals surface area contributed by atoms with Crippen molar-refractivity contribution in [2.45, 2.75) is 18.7 Å². The van der Waals surface area contributed by atoms with Gasteiger partial charge in [-0.1, -0.05) is 11.6 Å². The van der Waals surface area contributed by atoms with E-state index in [1.54, 1.807) is 21.7 Å². The van der Waals surface area contributed by atoms with Gasteiger partial charge in [0, 0.05) is 52.8 Å². The lowest BCUT2D eigenvalue weighted by atomic mass is 10.2. The second-order valence-electron chi connectivity index (χ2n) is 6.69. The molecule has 0 radical (unpaired) electrons. The summed E-state index contributed by atoms with van der Waals surface area (Å²) >= 11 is 8.99. The molecule has 28 heavy (non-hydrogen) atoms. The van der Waals surface area contributed by atoms with E-state index in [0.717, 1.165) is 26.1 Å². The van der Waals surface area contributed by atoms with E-state index in [0.29, 0.717) is 36.1 Å². The molecule has 1 fully saturated rings. The van der Waals surface area contributed by atoms with Crippen LogP contribution in [-0.4, -0.2) is 43.9 Å². The van der Waals surface area contributed by atoms with Gasteiger partial charge in [-0.3, -0.25) is 0 Å². The first-order valence-corrected chi connectivity index (χ1v) is 12.4. The number of thiophene rings is 1. The van der Waals surface area contributed by atoms with Gasteiger partial charge in [-0.25, -0.2) is 13.4 Å². The highest BCUT2D eigenvalue weighted by molar-refractivity contribution is 7.89. The summed E-state index contributed by atoms with van der Waals surface area (Å²) in [5.41, 5.74) is 2.02. The van der Waals surface area contributed by atoms with Gasteiger partial charge in [0.1, 0.15) is 5.01 Å². The number of thiazole rings is 1. The Kier molecular flexibility index (Phi) is 5.50. The van der Waals surface area contributed by atoms with E-state index in [1.807, 2.05) is 43.5 Å². The summed E-state index contributed by atoms with van der Waals surface area (Å²) < 4.78 is 28.0. The van der Waals surface area contributed by atoms with Crippen LogP contribution in [0.2, 0.25) is 5.02 Å². The van der Waals surface area contributed by atoms with Crippen LogP contribution in [0.1, 0.15) is 10.6 Å². The molecule has 0 N–H and O–H groups in total. The van der Waals surface area contributed by atoms with Crippen molar-refractivity contribution in [1.82, 2.24) is 9.29 Å². The minimum atomic E-state index is -3.51. The molecule has 2 aromatic heterocycles. The number of sulfonamides is 1. The third kappa shape index (κ3) is 3.84. The molecule has 3 aromatic rings. The van der Waals surface area contributed by atoms with Crippen LogP contribution >= 0.6 is 34.3 Å². The molecular formula is C19H20ClN3O2S3. The van der Waals surface area contributed by atoms with Crippen molar-refractivity contribution in [1.29, 1.82) is 0 Å². The van der Waals surface area contributed by atoms with Crippen molar-refractivity contribution in [2.24, 2.45) is 0 Å². The molecular weight excluding hydrogens is 434 g/mol. The molecule has 1 saturated heterocycles. The maximum Gasteiger partial charge on any atom is 0.244 e. The third-order valence-electron chi connectivity index (χ3n) is 4.75. The summed E-state index contributed by atoms with van der Waals surface area (Å²) in [5.74, 6) is 0. The Morgan fingerprint density at radius 1 is 1.07 bits per heavy atom. The summed E-state index contributed by atoms with van der Waals surface area (Å²) in [6.45, 7) is 6.05. The smallest absolute Gasteiger partial charge is 0.244 e. The standard InChI is InChI=1S/C19H20ClN3O2S3/c1-13-12-26-19(21-13)17-11-18(14(2)27-17)28(24,25)23-9-7-22(8-10-23)16-5-3-15(20)4-6-16/h3-6,11-12H,7-10H2,1-2H3. The van der Waals surface area contributed by atoms with Gasteiger partial charge in [0.25, 0.3) is 0 Å². The lowest BCUT2D eigenvalue weighted by Crippen LogP contribution is -2.48. The molecule has 4 rings (SSSR count). The second-order valence-corrected chi connectivity index (χ2v) is 11.1. The van der Waals surface area contributed by atoms with E-state index in [9.17, 15) is 8.42 Å². The normalized spacial score (nSPS) is 15.9. The van der Waals surface area contributed by atoms with Gasteiger partial charge < -0.3 is 4.90 Å². The first kappa shape index (κ1) is 19.8. The van der Waals surface area contributed by atoms with Gasteiger partial charge in [-0.2, -0.15) is 4.31 Å². The molecule has 0 bridgehead atoms. The summed E-state index contributed by atoms with van der Waals surface area (Å²) in [5, 5.41) is 3.55. The van der Waals surface area contributed by atoms with Gasteiger partial charge in [-0.05, 0) is 44.2 Å². The summed E-state index contributed by atoms with van der Waals surface area (Å²) in [7, 11) is -3.51. The number of rotatable bonds is 4. The van der Waals surface area contributed by atoms with E-state index in [4.69, 9.17) is 11.6 Å². The average Bonchev–Trinajstić information content (AvgIpc) is 3.28. The van der Waals surface area contributed by atoms with Crippen LogP contribution in [0.5, 0.6) is 0 Å². The molecule has 3 heterocycles. The summed E-state index contributed by atoms with van der Waals surface area (Å²) in [4.78, 5) is 8.79. The Balaban J connectivity index is 1.52.